The summed E-state index contributed by atoms with van der Waals surface area (Å²) in [7, 11) is 1.64. The first kappa shape index (κ1) is 17.3. The van der Waals surface area contributed by atoms with E-state index in [9.17, 15) is 4.79 Å². The van der Waals surface area contributed by atoms with Crippen molar-refractivity contribution < 1.29 is 14.3 Å². The first-order valence-corrected chi connectivity index (χ1v) is 9.33. The number of aromatic nitrogens is 3. The highest BCUT2D eigenvalue weighted by molar-refractivity contribution is 6.09. The van der Waals surface area contributed by atoms with Crippen molar-refractivity contribution in [1.29, 1.82) is 0 Å². The van der Waals surface area contributed by atoms with E-state index in [1.54, 1.807) is 18.2 Å². The quantitative estimate of drug-likeness (QED) is 0.554. The summed E-state index contributed by atoms with van der Waals surface area (Å²) < 4.78 is 10.9. The molecule has 0 saturated carbocycles. The van der Waals surface area contributed by atoms with E-state index in [1.807, 2.05) is 43.3 Å². The minimum absolute atomic E-state index is 0.0501. The molecule has 0 bridgehead atoms. The molecule has 0 atom stereocenters. The van der Waals surface area contributed by atoms with Gasteiger partial charge in [-0.3, -0.25) is 9.89 Å². The van der Waals surface area contributed by atoms with Gasteiger partial charge in [0.2, 0.25) is 0 Å². The fraction of sp³-hybridized carbons (Fsp3) is 0.190. The Hall–Kier alpha value is -3.81. The molecule has 0 aliphatic carbocycles. The van der Waals surface area contributed by atoms with Crippen LogP contribution < -0.4 is 19.7 Å². The first-order chi connectivity index (χ1) is 14.2. The molecular formula is C21H19N5O3. The highest BCUT2D eigenvalue weighted by atomic mass is 16.5. The third kappa shape index (κ3) is 2.80. The summed E-state index contributed by atoms with van der Waals surface area (Å²) in [6.07, 6.45) is 1.78. The minimum Gasteiger partial charge on any atom is -0.497 e. The van der Waals surface area contributed by atoms with Crippen molar-refractivity contribution >= 4 is 44.9 Å². The molecule has 4 aromatic rings. The molecule has 0 radical (unpaired) electrons. The lowest BCUT2D eigenvalue weighted by molar-refractivity contribution is -0.121. The summed E-state index contributed by atoms with van der Waals surface area (Å²) in [5.41, 5.74) is 3.17. The predicted octanol–water partition coefficient (Wildman–Crippen LogP) is 3.61. The Morgan fingerprint density at radius 1 is 1.24 bits per heavy atom. The molecule has 0 unspecified atom stereocenters. The summed E-state index contributed by atoms with van der Waals surface area (Å²) >= 11 is 0. The number of pyridine rings is 1. The van der Waals surface area contributed by atoms with E-state index in [-0.39, 0.29) is 12.5 Å². The number of hydrogen-bond acceptors (Lipinski definition) is 6. The van der Waals surface area contributed by atoms with Crippen molar-refractivity contribution in [1.82, 2.24) is 15.2 Å². The number of carbonyl (C=O) groups excluding carboxylic acids is 1. The number of anilines is 3. The summed E-state index contributed by atoms with van der Waals surface area (Å²) in [5.74, 6) is 2.07. The number of carbonyl (C=O) groups is 1. The Morgan fingerprint density at radius 3 is 2.97 bits per heavy atom. The molecule has 1 aliphatic rings. The number of nitrogens with one attached hydrogen (secondary N) is 2. The van der Waals surface area contributed by atoms with Crippen LogP contribution in [0, 0.1) is 0 Å². The molecule has 29 heavy (non-hydrogen) atoms. The number of nitrogens with zero attached hydrogens (tertiary/aromatic N) is 3. The molecule has 0 spiro atoms. The van der Waals surface area contributed by atoms with E-state index < -0.39 is 0 Å². The monoisotopic (exact) mass is 389 g/mol. The van der Waals surface area contributed by atoms with Crippen molar-refractivity contribution in [3.8, 4) is 11.5 Å². The summed E-state index contributed by atoms with van der Waals surface area (Å²) in [4.78, 5) is 18.6. The second-order valence-electron chi connectivity index (χ2n) is 6.74. The van der Waals surface area contributed by atoms with Gasteiger partial charge in [-0.25, -0.2) is 4.98 Å². The van der Waals surface area contributed by atoms with Gasteiger partial charge in [-0.05, 0) is 43.3 Å². The Labute approximate surface area is 166 Å². The topological polar surface area (TPSA) is 92.4 Å². The van der Waals surface area contributed by atoms with Crippen LogP contribution in [0.15, 0.2) is 42.6 Å². The van der Waals surface area contributed by atoms with Gasteiger partial charge in [0, 0.05) is 23.0 Å². The SMILES string of the molecule is CCN1C(=O)COc2ccc(Nc3nc4ccc(OC)cc4c4cn[nH]c34)cc21. The standard InChI is InChI=1S/C21H19N5O3/c1-3-26-17-8-12(4-7-18(17)29-11-19(26)27)23-21-20-15(10-22-25-20)14-9-13(28-2)5-6-16(14)24-21/h4-10H,3,11H2,1-2H3,(H,22,25)(H,23,24). The van der Waals surface area contributed by atoms with Gasteiger partial charge < -0.3 is 19.7 Å². The van der Waals surface area contributed by atoms with E-state index in [2.05, 4.69) is 15.5 Å². The molecule has 1 aliphatic heterocycles. The van der Waals surface area contributed by atoms with Crippen LogP contribution in [0.2, 0.25) is 0 Å². The number of hydrogen-bond donors (Lipinski definition) is 2. The maximum Gasteiger partial charge on any atom is 0.265 e. The zero-order valence-electron chi connectivity index (χ0n) is 16.0. The highest BCUT2D eigenvalue weighted by Gasteiger charge is 2.24. The van der Waals surface area contributed by atoms with Crippen molar-refractivity contribution in [3.63, 3.8) is 0 Å². The van der Waals surface area contributed by atoms with Crippen molar-refractivity contribution in [3.05, 3.63) is 42.6 Å². The summed E-state index contributed by atoms with van der Waals surface area (Å²) in [5, 5.41) is 12.5. The lowest BCUT2D eigenvalue weighted by atomic mass is 10.1. The molecule has 8 nitrogen and oxygen atoms in total. The fourth-order valence-corrected chi connectivity index (χ4v) is 3.66. The van der Waals surface area contributed by atoms with Crippen LogP contribution in [0.3, 0.4) is 0 Å². The third-order valence-corrected chi connectivity index (χ3v) is 5.08. The number of benzene rings is 2. The molecule has 3 heterocycles. The van der Waals surface area contributed by atoms with Gasteiger partial charge in [0.05, 0.1) is 24.5 Å². The van der Waals surface area contributed by atoms with Gasteiger partial charge in [-0.15, -0.1) is 0 Å². The van der Waals surface area contributed by atoms with Crippen LogP contribution in [0.1, 0.15) is 6.92 Å². The van der Waals surface area contributed by atoms with Crippen molar-refractivity contribution in [2.45, 2.75) is 6.92 Å². The van der Waals surface area contributed by atoms with Crippen molar-refractivity contribution in [2.75, 3.05) is 30.5 Å². The number of likely N-dealkylation sites (N-methyl/N-ethyl adjacent to an activating group) is 1. The average Bonchev–Trinajstić information content (AvgIpc) is 3.24. The third-order valence-electron chi connectivity index (χ3n) is 5.08. The van der Waals surface area contributed by atoms with E-state index in [0.29, 0.717) is 18.1 Å². The van der Waals surface area contributed by atoms with Gasteiger partial charge in [0.15, 0.2) is 12.4 Å². The van der Waals surface area contributed by atoms with Crippen LogP contribution in [0.4, 0.5) is 17.2 Å². The molecule has 2 N–H and O–H groups in total. The number of fused-ring (bicyclic) bond motifs is 4. The molecule has 5 rings (SSSR count). The van der Waals surface area contributed by atoms with Crippen LogP contribution >= 0.6 is 0 Å². The zero-order chi connectivity index (χ0) is 20.0. The van der Waals surface area contributed by atoms with Crippen LogP contribution in [-0.2, 0) is 4.79 Å². The number of H-pyrrole nitrogens is 1. The lowest BCUT2D eigenvalue weighted by Crippen LogP contribution is -2.38. The fourth-order valence-electron chi connectivity index (χ4n) is 3.66. The van der Waals surface area contributed by atoms with E-state index in [4.69, 9.17) is 14.5 Å². The minimum atomic E-state index is -0.0501. The molecule has 0 saturated heterocycles. The van der Waals surface area contributed by atoms with Crippen LogP contribution in [0.5, 0.6) is 11.5 Å². The normalized spacial score (nSPS) is 13.4. The second-order valence-corrected chi connectivity index (χ2v) is 6.74. The van der Waals surface area contributed by atoms with Gasteiger partial charge in [0.1, 0.15) is 17.0 Å². The smallest absolute Gasteiger partial charge is 0.265 e. The second kappa shape index (κ2) is 6.66. The van der Waals surface area contributed by atoms with E-state index in [0.717, 1.165) is 38.9 Å². The number of aromatic amines is 1. The molecule has 1 amide bonds. The number of methoxy groups -OCH3 is 1. The van der Waals surface area contributed by atoms with Crippen molar-refractivity contribution in [2.24, 2.45) is 0 Å². The molecule has 0 fully saturated rings. The number of ether oxygens (including phenoxy) is 2. The van der Waals surface area contributed by atoms with E-state index >= 15 is 0 Å². The van der Waals surface area contributed by atoms with E-state index in [1.165, 1.54) is 0 Å². The molecule has 2 aromatic heterocycles. The van der Waals surface area contributed by atoms with Gasteiger partial charge in [-0.1, -0.05) is 0 Å². The van der Waals surface area contributed by atoms with Gasteiger partial charge in [0.25, 0.3) is 5.91 Å². The average molecular weight is 389 g/mol. The molecule has 2 aromatic carbocycles. The largest absolute Gasteiger partial charge is 0.497 e. The first-order valence-electron chi connectivity index (χ1n) is 9.33. The maximum atomic E-state index is 12.1. The van der Waals surface area contributed by atoms with Crippen LogP contribution in [-0.4, -0.2) is 41.3 Å². The lowest BCUT2D eigenvalue weighted by Gasteiger charge is -2.28. The Bertz CT molecular complexity index is 1250. The number of rotatable bonds is 4. The summed E-state index contributed by atoms with van der Waals surface area (Å²) in [6.45, 7) is 2.60. The molecule has 146 valence electrons. The zero-order valence-corrected chi connectivity index (χ0v) is 16.0. The molecule has 8 heteroatoms. The Kier molecular flexibility index (Phi) is 3.97. The van der Waals surface area contributed by atoms with Gasteiger partial charge >= 0.3 is 0 Å². The highest BCUT2D eigenvalue weighted by Crippen LogP contribution is 2.36. The van der Waals surface area contributed by atoms with Crippen LogP contribution in [0.25, 0.3) is 21.8 Å². The van der Waals surface area contributed by atoms with Gasteiger partial charge in [-0.2, -0.15) is 5.10 Å². The summed E-state index contributed by atoms with van der Waals surface area (Å²) in [6, 6.07) is 11.4. The molecular weight excluding hydrogens is 370 g/mol. The Morgan fingerprint density at radius 2 is 2.14 bits per heavy atom. The predicted molar refractivity (Wildman–Crippen MR) is 111 cm³/mol. The maximum absolute atomic E-state index is 12.1. The Balaban J connectivity index is 1.59. The number of amides is 1.